The summed E-state index contributed by atoms with van der Waals surface area (Å²) in [5.41, 5.74) is 9.43. The van der Waals surface area contributed by atoms with Crippen molar-refractivity contribution in [3.05, 3.63) is 34.9 Å². The molecule has 0 spiro atoms. The number of rotatable bonds is 3. The first kappa shape index (κ1) is 14.4. The molecule has 0 unspecified atom stereocenters. The summed E-state index contributed by atoms with van der Waals surface area (Å²) in [5.74, 6) is 0. The fourth-order valence-electron chi connectivity index (χ4n) is 1.60. The fraction of sp³-hybridized carbons (Fsp3) is 0.500. The number of hydrogen-bond donors (Lipinski definition) is 2. The Balaban J connectivity index is 0.00000196. The van der Waals surface area contributed by atoms with Crippen LogP contribution in [0.25, 0.3) is 0 Å². The number of aliphatic hydroxyl groups excluding tert-OH is 1. The van der Waals surface area contributed by atoms with Gasteiger partial charge in [0.05, 0.1) is 12.1 Å². The second-order valence-corrected chi connectivity index (χ2v) is 3.79. The largest absolute Gasteiger partial charge is 0.391 e. The van der Waals surface area contributed by atoms with Crippen molar-refractivity contribution >= 4 is 12.4 Å². The van der Waals surface area contributed by atoms with Gasteiger partial charge in [-0.05, 0) is 37.0 Å². The van der Waals surface area contributed by atoms with Crippen LogP contribution < -0.4 is 5.73 Å². The van der Waals surface area contributed by atoms with Crippen molar-refractivity contribution in [2.75, 3.05) is 0 Å². The molecular weight excluding hydrogens is 210 g/mol. The minimum Gasteiger partial charge on any atom is -0.391 e. The first-order chi connectivity index (χ1) is 6.57. The molecule has 0 heterocycles. The Bertz CT molecular complexity index is 314. The van der Waals surface area contributed by atoms with Crippen molar-refractivity contribution < 1.29 is 5.11 Å². The lowest BCUT2D eigenvalue weighted by molar-refractivity contribution is 0.140. The Morgan fingerprint density at radius 3 is 2.47 bits per heavy atom. The zero-order chi connectivity index (χ0) is 10.7. The van der Waals surface area contributed by atoms with Gasteiger partial charge in [-0.3, -0.25) is 0 Å². The average Bonchev–Trinajstić information content (AvgIpc) is 2.20. The highest BCUT2D eigenvalue weighted by Crippen LogP contribution is 2.22. The predicted octanol–water partition coefficient (Wildman–Crippen LogP) is 2.50. The topological polar surface area (TPSA) is 46.2 Å². The molecule has 1 rings (SSSR count). The zero-order valence-electron chi connectivity index (χ0n) is 9.53. The molecule has 0 amide bonds. The summed E-state index contributed by atoms with van der Waals surface area (Å²) in [6.07, 6.45) is 0.240. The summed E-state index contributed by atoms with van der Waals surface area (Å²) in [6, 6.07) is 5.77. The summed E-state index contributed by atoms with van der Waals surface area (Å²) in [6.45, 7) is 6.05. The molecule has 15 heavy (non-hydrogen) atoms. The van der Waals surface area contributed by atoms with Crippen LogP contribution in [-0.4, -0.2) is 11.2 Å². The molecule has 2 atom stereocenters. The van der Waals surface area contributed by atoms with E-state index in [1.165, 1.54) is 11.1 Å². The number of halogens is 1. The van der Waals surface area contributed by atoms with Gasteiger partial charge in [-0.2, -0.15) is 0 Å². The summed E-state index contributed by atoms with van der Waals surface area (Å²) < 4.78 is 0. The minimum atomic E-state index is -0.449. The minimum absolute atomic E-state index is 0. The van der Waals surface area contributed by atoms with E-state index >= 15 is 0 Å². The second-order valence-electron chi connectivity index (χ2n) is 3.79. The van der Waals surface area contributed by atoms with Gasteiger partial charge in [-0.15, -0.1) is 12.4 Å². The van der Waals surface area contributed by atoms with Crippen LogP contribution in [0.1, 0.15) is 36.1 Å². The molecule has 1 aromatic rings. The molecule has 0 radical (unpaired) electrons. The molecule has 0 aliphatic rings. The Morgan fingerprint density at radius 1 is 1.33 bits per heavy atom. The Hall–Kier alpha value is -0.570. The van der Waals surface area contributed by atoms with Crippen LogP contribution >= 0.6 is 12.4 Å². The zero-order valence-corrected chi connectivity index (χ0v) is 10.3. The van der Waals surface area contributed by atoms with Crippen molar-refractivity contribution in [3.63, 3.8) is 0 Å². The van der Waals surface area contributed by atoms with Gasteiger partial charge in [0.25, 0.3) is 0 Å². The van der Waals surface area contributed by atoms with Crippen LogP contribution in [0.3, 0.4) is 0 Å². The smallest absolute Gasteiger partial charge is 0.0730 e. The molecule has 86 valence electrons. The van der Waals surface area contributed by atoms with Crippen LogP contribution in [-0.2, 0) is 0 Å². The van der Waals surface area contributed by atoms with Gasteiger partial charge in [0.15, 0.2) is 0 Å². The van der Waals surface area contributed by atoms with Crippen LogP contribution in [0.15, 0.2) is 18.2 Å². The first-order valence-electron chi connectivity index (χ1n) is 5.07. The summed E-state index contributed by atoms with van der Waals surface area (Å²) >= 11 is 0. The van der Waals surface area contributed by atoms with E-state index < -0.39 is 6.10 Å². The Morgan fingerprint density at radius 2 is 1.93 bits per heavy atom. The van der Waals surface area contributed by atoms with E-state index in [2.05, 4.69) is 13.0 Å². The molecule has 0 aromatic heterocycles. The van der Waals surface area contributed by atoms with Gasteiger partial charge in [-0.1, -0.05) is 25.1 Å². The number of hydrogen-bond acceptors (Lipinski definition) is 2. The van der Waals surface area contributed by atoms with Gasteiger partial charge < -0.3 is 10.8 Å². The monoisotopic (exact) mass is 229 g/mol. The molecule has 0 aliphatic heterocycles. The molecule has 0 saturated heterocycles. The van der Waals surface area contributed by atoms with Crippen LogP contribution in [0, 0.1) is 13.8 Å². The molecule has 1 aromatic carbocycles. The highest BCUT2D eigenvalue weighted by Gasteiger charge is 2.16. The van der Waals surface area contributed by atoms with Gasteiger partial charge in [-0.25, -0.2) is 0 Å². The molecule has 0 bridgehead atoms. The van der Waals surface area contributed by atoms with Crippen LogP contribution in [0.4, 0.5) is 0 Å². The van der Waals surface area contributed by atoms with Gasteiger partial charge >= 0.3 is 0 Å². The first-order valence-corrected chi connectivity index (χ1v) is 5.07. The van der Waals surface area contributed by atoms with Crippen LogP contribution in [0.5, 0.6) is 0 Å². The lowest BCUT2D eigenvalue weighted by Gasteiger charge is -2.20. The fourth-order valence-corrected chi connectivity index (χ4v) is 1.60. The van der Waals surface area contributed by atoms with Gasteiger partial charge in [0.1, 0.15) is 0 Å². The number of aliphatic hydroxyl groups is 1. The average molecular weight is 230 g/mol. The molecule has 2 nitrogen and oxygen atoms in total. The molecule has 0 saturated carbocycles. The number of benzene rings is 1. The van der Waals surface area contributed by atoms with Gasteiger partial charge in [0, 0.05) is 0 Å². The van der Waals surface area contributed by atoms with Crippen molar-refractivity contribution in [1.82, 2.24) is 0 Å². The number of aryl methyl sites for hydroxylation is 1. The van der Waals surface area contributed by atoms with E-state index in [4.69, 9.17) is 5.73 Å². The highest BCUT2D eigenvalue weighted by molar-refractivity contribution is 5.85. The van der Waals surface area contributed by atoms with Crippen LogP contribution in [0.2, 0.25) is 0 Å². The molecule has 0 fully saturated rings. The van der Waals surface area contributed by atoms with E-state index in [0.29, 0.717) is 6.42 Å². The van der Waals surface area contributed by atoms with E-state index in [0.717, 1.165) is 5.56 Å². The van der Waals surface area contributed by atoms with Gasteiger partial charge in [0.2, 0.25) is 0 Å². The lowest BCUT2D eigenvalue weighted by Crippen LogP contribution is -2.26. The highest BCUT2D eigenvalue weighted by atomic mass is 35.5. The van der Waals surface area contributed by atoms with Crippen molar-refractivity contribution in [2.24, 2.45) is 5.73 Å². The van der Waals surface area contributed by atoms with E-state index in [1.807, 2.05) is 26.0 Å². The summed E-state index contributed by atoms with van der Waals surface area (Å²) in [5, 5.41) is 9.67. The maximum atomic E-state index is 9.67. The molecule has 3 heteroatoms. The quantitative estimate of drug-likeness (QED) is 0.837. The second kappa shape index (κ2) is 6.11. The third-order valence-electron chi connectivity index (χ3n) is 2.84. The van der Waals surface area contributed by atoms with Crippen molar-refractivity contribution in [1.29, 1.82) is 0 Å². The van der Waals surface area contributed by atoms with E-state index in [-0.39, 0.29) is 18.4 Å². The third kappa shape index (κ3) is 3.20. The summed E-state index contributed by atoms with van der Waals surface area (Å²) in [7, 11) is 0. The molecular formula is C12H20ClNO. The Kier molecular flexibility index (Phi) is 5.88. The normalized spacial score (nSPS) is 14.2. The third-order valence-corrected chi connectivity index (χ3v) is 2.84. The van der Waals surface area contributed by atoms with Crippen molar-refractivity contribution in [3.8, 4) is 0 Å². The molecule has 3 N–H and O–H groups in total. The van der Waals surface area contributed by atoms with E-state index in [1.54, 1.807) is 0 Å². The SMILES string of the molecule is CC[C@@H](O)[C@@H](N)c1cccc(C)c1C.Cl. The summed E-state index contributed by atoms with van der Waals surface area (Å²) in [4.78, 5) is 0. The predicted molar refractivity (Wildman–Crippen MR) is 66.4 cm³/mol. The van der Waals surface area contributed by atoms with E-state index in [9.17, 15) is 5.11 Å². The Labute approximate surface area is 97.9 Å². The van der Waals surface area contributed by atoms with Crippen molar-refractivity contribution in [2.45, 2.75) is 39.3 Å². The standard InChI is InChI=1S/C12H19NO.ClH/c1-4-11(14)12(13)10-7-5-6-8(2)9(10)3;/h5-7,11-12,14H,4,13H2,1-3H3;1H/t11-,12+;/m1./s1. The molecule has 0 aliphatic carbocycles. The lowest BCUT2D eigenvalue weighted by atomic mass is 9.94. The maximum absolute atomic E-state index is 9.67. The maximum Gasteiger partial charge on any atom is 0.0730 e. The number of nitrogens with two attached hydrogens (primary N) is 1.